The molecule has 0 fully saturated rings. The molecular formula is C11H16N2O2S. The second-order valence-corrected chi connectivity index (χ2v) is 4.25. The smallest absolute Gasteiger partial charge is 0.306 e. The van der Waals surface area contributed by atoms with E-state index in [2.05, 4.69) is 15.0 Å². The number of carbonyl (C=O) groups is 1. The third-order valence-corrected chi connectivity index (χ3v) is 2.89. The third-order valence-electron chi connectivity index (χ3n) is 1.89. The molecule has 0 aliphatic heterocycles. The van der Waals surface area contributed by atoms with E-state index in [-0.39, 0.29) is 5.97 Å². The summed E-state index contributed by atoms with van der Waals surface area (Å²) in [5, 5.41) is 3.14. The Kier molecular flexibility index (Phi) is 5.71. The van der Waals surface area contributed by atoms with Crippen LogP contribution in [0.25, 0.3) is 0 Å². The van der Waals surface area contributed by atoms with Crippen LogP contribution in [0.4, 0.5) is 5.82 Å². The molecule has 5 heteroatoms. The van der Waals surface area contributed by atoms with Gasteiger partial charge in [-0.2, -0.15) is 0 Å². The van der Waals surface area contributed by atoms with Crippen LogP contribution in [0, 0.1) is 0 Å². The lowest BCUT2D eigenvalue weighted by Gasteiger charge is -2.04. The van der Waals surface area contributed by atoms with Crippen LogP contribution in [0.3, 0.4) is 0 Å². The van der Waals surface area contributed by atoms with Crippen molar-refractivity contribution in [3.05, 3.63) is 18.3 Å². The fraction of sp³-hybridized carbons (Fsp3) is 0.455. The molecule has 1 aromatic heterocycles. The fourth-order valence-electron chi connectivity index (χ4n) is 1.13. The van der Waals surface area contributed by atoms with E-state index in [9.17, 15) is 4.79 Å². The van der Waals surface area contributed by atoms with Crippen LogP contribution in [0.5, 0.6) is 0 Å². The number of methoxy groups -OCH3 is 1. The fourth-order valence-corrected chi connectivity index (χ4v) is 1.99. The zero-order valence-corrected chi connectivity index (χ0v) is 10.3. The number of hydrogen-bond acceptors (Lipinski definition) is 5. The molecule has 1 N–H and O–H groups in total. The van der Waals surface area contributed by atoms with Gasteiger partial charge in [0.15, 0.2) is 0 Å². The van der Waals surface area contributed by atoms with E-state index in [0.717, 1.165) is 23.0 Å². The third kappa shape index (κ3) is 4.53. The number of ether oxygens (including phenoxy) is 1. The van der Waals surface area contributed by atoms with Crippen LogP contribution >= 0.6 is 11.8 Å². The Morgan fingerprint density at radius 1 is 1.62 bits per heavy atom. The summed E-state index contributed by atoms with van der Waals surface area (Å²) in [6.45, 7) is 2.88. The molecule has 16 heavy (non-hydrogen) atoms. The predicted molar refractivity (Wildman–Crippen MR) is 65.8 cm³/mol. The topological polar surface area (TPSA) is 51.2 Å². The molecule has 0 spiro atoms. The van der Waals surface area contributed by atoms with Crippen molar-refractivity contribution in [1.82, 2.24) is 4.98 Å². The van der Waals surface area contributed by atoms with Crippen molar-refractivity contribution in [2.75, 3.05) is 24.7 Å². The van der Waals surface area contributed by atoms with Gasteiger partial charge in [-0.25, -0.2) is 4.98 Å². The first-order valence-corrected chi connectivity index (χ1v) is 6.14. The van der Waals surface area contributed by atoms with Gasteiger partial charge in [0.25, 0.3) is 0 Å². The number of thioether (sulfide) groups is 1. The highest BCUT2D eigenvalue weighted by Crippen LogP contribution is 2.20. The molecule has 0 bridgehead atoms. The van der Waals surface area contributed by atoms with E-state index in [1.807, 2.05) is 19.1 Å². The highest BCUT2D eigenvalue weighted by Gasteiger charge is 2.01. The number of esters is 1. The number of nitrogens with zero attached hydrogens (tertiary/aromatic N) is 1. The Morgan fingerprint density at radius 3 is 3.12 bits per heavy atom. The van der Waals surface area contributed by atoms with Gasteiger partial charge in [0, 0.05) is 23.4 Å². The van der Waals surface area contributed by atoms with Gasteiger partial charge in [0.1, 0.15) is 5.82 Å². The lowest BCUT2D eigenvalue weighted by molar-refractivity contribution is -0.140. The molecule has 4 nitrogen and oxygen atoms in total. The first kappa shape index (κ1) is 12.8. The quantitative estimate of drug-likeness (QED) is 0.610. The minimum atomic E-state index is -0.173. The van der Waals surface area contributed by atoms with Gasteiger partial charge in [-0.3, -0.25) is 4.79 Å². The van der Waals surface area contributed by atoms with E-state index in [1.54, 1.807) is 18.0 Å². The van der Waals surface area contributed by atoms with Gasteiger partial charge in [-0.15, -0.1) is 11.8 Å². The molecule has 0 atom stereocenters. The van der Waals surface area contributed by atoms with Gasteiger partial charge in [0.05, 0.1) is 13.5 Å². The molecule has 0 saturated carbocycles. The van der Waals surface area contributed by atoms with Crippen molar-refractivity contribution in [3.63, 3.8) is 0 Å². The molecule has 0 aromatic carbocycles. The standard InChI is InChI=1S/C11H16N2O2S/c1-3-12-10-8-9(4-6-13-10)16-7-5-11(14)15-2/h4,6,8H,3,5,7H2,1-2H3,(H,12,13). The van der Waals surface area contributed by atoms with Crippen molar-refractivity contribution in [3.8, 4) is 0 Å². The molecule has 1 rings (SSSR count). The van der Waals surface area contributed by atoms with Crippen molar-refractivity contribution >= 4 is 23.5 Å². The van der Waals surface area contributed by atoms with Gasteiger partial charge < -0.3 is 10.1 Å². The average Bonchev–Trinajstić information content (AvgIpc) is 2.30. The molecule has 1 heterocycles. The first-order chi connectivity index (χ1) is 7.76. The average molecular weight is 240 g/mol. The summed E-state index contributed by atoms with van der Waals surface area (Å²) < 4.78 is 4.57. The van der Waals surface area contributed by atoms with Gasteiger partial charge in [0.2, 0.25) is 0 Å². The molecule has 1 aromatic rings. The Morgan fingerprint density at radius 2 is 2.44 bits per heavy atom. The summed E-state index contributed by atoms with van der Waals surface area (Å²) in [6.07, 6.45) is 2.19. The zero-order valence-electron chi connectivity index (χ0n) is 9.53. The molecule has 0 radical (unpaired) electrons. The molecule has 0 amide bonds. The molecule has 0 saturated heterocycles. The molecule has 88 valence electrons. The predicted octanol–water partition coefficient (Wildman–Crippen LogP) is 2.17. The maximum atomic E-state index is 10.9. The zero-order chi connectivity index (χ0) is 11.8. The number of carbonyl (C=O) groups excluding carboxylic acids is 1. The normalized spacial score (nSPS) is 9.88. The van der Waals surface area contributed by atoms with E-state index >= 15 is 0 Å². The largest absolute Gasteiger partial charge is 0.469 e. The highest BCUT2D eigenvalue weighted by atomic mass is 32.2. The van der Waals surface area contributed by atoms with Gasteiger partial charge in [-0.05, 0) is 19.1 Å². The molecule has 0 unspecified atom stereocenters. The van der Waals surface area contributed by atoms with E-state index in [0.29, 0.717) is 6.42 Å². The number of anilines is 1. The van der Waals surface area contributed by atoms with E-state index in [1.165, 1.54) is 7.11 Å². The first-order valence-electron chi connectivity index (χ1n) is 5.15. The summed E-state index contributed by atoms with van der Waals surface area (Å²) >= 11 is 1.62. The van der Waals surface area contributed by atoms with Crippen LogP contribution in [0.2, 0.25) is 0 Å². The summed E-state index contributed by atoms with van der Waals surface area (Å²) in [7, 11) is 1.41. The minimum absolute atomic E-state index is 0.173. The Labute approximate surface area is 99.8 Å². The van der Waals surface area contributed by atoms with Crippen molar-refractivity contribution in [2.45, 2.75) is 18.2 Å². The van der Waals surface area contributed by atoms with E-state index < -0.39 is 0 Å². The summed E-state index contributed by atoms with van der Waals surface area (Å²) in [6, 6.07) is 3.91. The summed E-state index contributed by atoms with van der Waals surface area (Å²) in [5.74, 6) is 1.42. The van der Waals surface area contributed by atoms with Crippen LogP contribution in [-0.4, -0.2) is 30.4 Å². The van der Waals surface area contributed by atoms with Crippen LogP contribution in [0.1, 0.15) is 13.3 Å². The Hall–Kier alpha value is -1.23. The van der Waals surface area contributed by atoms with Crippen molar-refractivity contribution in [2.24, 2.45) is 0 Å². The Balaban J connectivity index is 2.41. The van der Waals surface area contributed by atoms with Crippen LogP contribution < -0.4 is 5.32 Å². The van der Waals surface area contributed by atoms with Crippen molar-refractivity contribution in [1.29, 1.82) is 0 Å². The maximum Gasteiger partial charge on any atom is 0.306 e. The van der Waals surface area contributed by atoms with Crippen LogP contribution in [-0.2, 0) is 9.53 Å². The lowest BCUT2D eigenvalue weighted by Crippen LogP contribution is -2.01. The van der Waals surface area contributed by atoms with Crippen molar-refractivity contribution < 1.29 is 9.53 Å². The molecule has 0 aliphatic carbocycles. The van der Waals surface area contributed by atoms with E-state index in [4.69, 9.17) is 0 Å². The lowest BCUT2D eigenvalue weighted by atomic mass is 10.4. The van der Waals surface area contributed by atoms with Gasteiger partial charge in [-0.1, -0.05) is 0 Å². The van der Waals surface area contributed by atoms with Gasteiger partial charge >= 0.3 is 5.97 Å². The molecule has 0 aliphatic rings. The summed E-state index contributed by atoms with van der Waals surface area (Å²) in [5.41, 5.74) is 0. The minimum Gasteiger partial charge on any atom is -0.469 e. The number of rotatable bonds is 6. The highest BCUT2D eigenvalue weighted by molar-refractivity contribution is 7.99. The number of pyridine rings is 1. The monoisotopic (exact) mass is 240 g/mol. The number of hydrogen-bond donors (Lipinski definition) is 1. The second kappa shape index (κ2) is 7.11. The maximum absolute atomic E-state index is 10.9. The Bertz CT molecular complexity index is 345. The SMILES string of the molecule is CCNc1cc(SCCC(=O)OC)ccn1. The second-order valence-electron chi connectivity index (χ2n) is 3.08. The molecular weight excluding hydrogens is 224 g/mol. The number of nitrogens with one attached hydrogen (secondary N) is 1. The van der Waals surface area contributed by atoms with Crippen LogP contribution in [0.15, 0.2) is 23.2 Å². The summed E-state index contributed by atoms with van der Waals surface area (Å²) in [4.78, 5) is 16.2. The number of aromatic nitrogens is 1.